The largest absolute Gasteiger partial charge is 0.459 e. The number of ketones is 1. The van der Waals surface area contributed by atoms with Crippen molar-refractivity contribution < 1.29 is 41.9 Å². The number of hydrogen-bond donors (Lipinski definition) is 3. The Hall–Kier alpha value is -3.68. The Morgan fingerprint density at radius 1 is 0.935 bits per heavy atom. The van der Waals surface area contributed by atoms with Crippen molar-refractivity contribution >= 4 is 29.6 Å². The van der Waals surface area contributed by atoms with Crippen molar-refractivity contribution in [1.29, 1.82) is 0 Å². The fourth-order valence-electron chi connectivity index (χ4n) is 5.64. The molecule has 11 nitrogen and oxygen atoms in total. The summed E-state index contributed by atoms with van der Waals surface area (Å²) in [5, 5.41) is 8.21. The van der Waals surface area contributed by atoms with Gasteiger partial charge in [-0.05, 0) is 57.9 Å². The molecular formula is C32H46F3N5O6. The predicted molar refractivity (Wildman–Crippen MR) is 163 cm³/mol. The van der Waals surface area contributed by atoms with Crippen molar-refractivity contribution in [3.8, 4) is 0 Å². The lowest BCUT2D eigenvalue weighted by molar-refractivity contribution is -0.173. The van der Waals surface area contributed by atoms with Crippen LogP contribution in [0.25, 0.3) is 0 Å². The van der Waals surface area contributed by atoms with Gasteiger partial charge >= 0.3 is 18.2 Å². The van der Waals surface area contributed by atoms with Gasteiger partial charge in [-0.15, -0.1) is 0 Å². The molecule has 3 atom stereocenters. The molecule has 0 spiro atoms. The van der Waals surface area contributed by atoms with Gasteiger partial charge < -0.3 is 30.5 Å². The quantitative estimate of drug-likeness (QED) is 0.313. The molecule has 3 rings (SSSR count). The third-order valence-corrected chi connectivity index (χ3v) is 7.98. The van der Waals surface area contributed by atoms with E-state index in [1.54, 1.807) is 69.9 Å². The van der Waals surface area contributed by atoms with Crippen LogP contribution in [0.4, 0.5) is 18.0 Å². The van der Waals surface area contributed by atoms with E-state index in [9.17, 15) is 37.1 Å². The van der Waals surface area contributed by atoms with E-state index in [2.05, 4.69) is 16.0 Å². The van der Waals surface area contributed by atoms with E-state index >= 15 is 0 Å². The standard InChI is InChI=1S/C32H46F3N5O6/c1-20(2)26(38-30(45)39-16-13-22(14-17-39)36-19-25(41)46-31(3,4)5)29(44)40-15-9-12-24(40)28(43)37-23(27(42)32(33,34)35)18-21-10-7-6-8-11-21/h6-8,10-11,20,22-24,26,36H,9,12-19H2,1-5H3,(H,37,43)(H,38,45)/t23-,24+,26+/m1/s1. The van der Waals surface area contributed by atoms with Crippen LogP contribution in [0.15, 0.2) is 30.3 Å². The van der Waals surface area contributed by atoms with Crippen LogP contribution in [0, 0.1) is 5.92 Å². The van der Waals surface area contributed by atoms with Crippen LogP contribution in [0.5, 0.6) is 0 Å². The van der Waals surface area contributed by atoms with E-state index in [1.165, 1.54) is 4.90 Å². The minimum atomic E-state index is -5.16. The van der Waals surface area contributed by atoms with Crippen LogP contribution in [0.3, 0.4) is 0 Å². The zero-order valence-electron chi connectivity index (χ0n) is 27.1. The lowest BCUT2D eigenvalue weighted by Gasteiger charge is -2.35. The Labute approximate surface area is 267 Å². The predicted octanol–water partition coefficient (Wildman–Crippen LogP) is 2.97. The minimum absolute atomic E-state index is 0.0120. The van der Waals surface area contributed by atoms with Crippen molar-refractivity contribution in [1.82, 2.24) is 25.8 Å². The molecule has 2 aliphatic rings. The molecule has 0 aliphatic carbocycles. The molecule has 2 aliphatic heterocycles. The minimum Gasteiger partial charge on any atom is -0.459 e. The van der Waals surface area contributed by atoms with Crippen molar-refractivity contribution in [3.63, 3.8) is 0 Å². The average molecular weight is 654 g/mol. The molecule has 0 aromatic heterocycles. The third-order valence-electron chi connectivity index (χ3n) is 7.98. The Balaban J connectivity index is 1.60. The first kappa shape index (κ1) is 36.8. The van der Waals surface area contributed by atoms with E-state index in [1.807, 2.05) is 0 Å². The van der Waals surface area contributed by atoms with Gasteiger partial charge in [0.1, 0.15) is 23.7 Å². The maximum atomic E-state index is 13.7. The van der Waals surface area contributed by atoms with E-state index < -0.39 is 53.5 Å². The number of nitrogens with one attached hydrogen (secondary N) is 3. The summed E-state index contributed by atoms with van der Waals surface area (Å²) < 4.78 is 45.6. The Morgan fingerprint density at radius 2 is 1.57 bits per heavy atom. The summed E-state index contributed by atoms with van der Waals surface area (Å²) in [6.45, 7) is 9.89. The fourth-order valence-corrected chi connectivity index (χ4v) is 5.64. The monoisotopic (exact) mass is 653 g/mol. The van der Waals surface area contributed by atoms with E-state index in [0.29, 0.717) is 37.9 Å². The second-order valence-electron chi connectivity index (χ2n) is 13.2. The molecule has 1 aromatic rings. The number of amides is 4. The van der Waals surface area contributed by atoms with Gasteiger partial charge in [-0.1, -0.05) is 44.2 Å². The number of urea groups is 1. The maximum absolute atomic E-state index is 13.7. The topological polar surface area (TPSA) is 137 Å². The summed E-state index contributed by atoms with van der Waals surface area (Å²) in [7, 11) is 0. The first-order valence-electron chi connectivity index (χ1n) is 15.7. The second kappa shape index (κ2) is 15.7. The smallest absolute Gasteiger partial charge is 0.452 e. The summed E-state index contributed by atoms with van der Waals surface area (Å²) in [6.07, 6.45) is -3.70. The van der Waals surface area contributed by atoms with Crippen LogP contribution in [-0.4, -0.2) is 102 Å². The molecule has 256 valence electrons. The van der Waals surface area contributed by atoms with Crippen LogP contribution >= 0.6 is 0 Å². The number of ether oxygens (including phenoxy) is 1. The van der Waals surface area contributed by atoms with Crippen LogP contribution in [0.1, 0.15) is 65.9 Å². The molecule has 0 unspecified atom stereocenters. The van der Waals surface area contributed by atoms with Gasteiger partial charge in [-0.25, -0.2) is 4.79 Å². The zero-order chi connectivity index (χ0) is 34.2. The van der Waals surface area contributed by atoms with E-state index in [4.69, 9.17) is 4.74 Å². The lowest BCUT2D eigenvalue weighted by Crippen LogP contribution is -2.59. The normalized spacial score (nSPS) is 19.0. The SMILES string of the molecule is CC(C)[C@H](NC(=O)N1CCC(NCC(=O)OC(C)(C)C)CC1)C(=O)N1CCC[C@H]1C(=O)N[C@H](Cc1ccccc1)C(=O)C(F)(F)F. The summed E-state index contributed by atoms with van der Waals surface area (Å²) in [5.74, 6) is -4.16. The molecule has 0 saturated carbocycles. The lowest BCUT2D eigenvalue weighted by atomic mass is 10.0. The van der Waals surface area contributed by atoms with E-state index in [-0.39, 0.29) is 43.9 Å². The highest BCUT2D eigenvalue weighted by Gasteiger charge is 2.46. The summed E-state index contributed by atoms with van der Waals surface area (Å²) >= 11 is 0. The van der Waals surface area contributed by atoms with Gasteiger partial charge in [0.2, 0.25) is 11.8 Å². The highest BCUT2D eigenvalue weighted by atomic mass is 19.4. The maximum Gasteiger partial charge on any atom is 0.452 e. The summed E-state index contributed by atoms with van der Waals surface area (Å²) in [4.78, 5) is 67.3. The average Bonchev–Trinajstić information content (AvgIpc) is 3.47. The van der Waals surface area contributed by atoms with E-state index in [0.717, 1.165) is 0 Å². The molecule has 46 heavy (non-hydrogen) atoms. The Bertz CT molecular complexity index is 1230. The molecule has 4 amide bonds. The highest BCUT2D eigenvalue weighted by molar-refractivity contribution is 5.96. The summed E-state index contributed by atoms with van der Waals surface area (Å²) in [6, 6.07) is 3.69. The number of Topliss-reactive ketones (excluding diaryl/α,β-unsaturated/α-hetero) is 1. The van der Waals surface area contributed by atoms with Gasteiger partial charge in [0.25, 0.3) is 5.78 Å². The number of carbonyl (C=O) groups is 5. The number of rotatable bonds is 11. The number of nitrogens with zero attached hydrogens (tertiary/aromatic N) is 2. The summed E-state index contributed by atoms with van der Waals surface area (Å²) in [5.41, 5.74) is -0.143. The number of esters is 1. The molecule has 1 aromatic carbocycles. The number of alkyl halides is 3. The number of halogens is 3. The number of benzene rings is 1. The van der Waals surface area contributed by atoms with Crippen molar-refractivity contribution in [2.75, 3.05) is 26.2 Å². The van der Waals surface area contributed by atoms with Crippen molar-refractivity contribution in [3.05, 3.63) is 35.9 Å². The molecule has 0 radical (unpaired) electrons. The molecule has 2 saturated heterocycles. The number of likely N-dealkylation sites (tertiary alicyclic amines) is 2. The number of carbonyl (C=O) groups excluding carboxylic acids is 5. The molecule has 3 N–H and O–H groups in total. The van der Waals surface area contributed by atoms with Gasteiger partial charge in [-0.3, -0.25) is 19.2 Å². The van der Waals surface area contributed by atoms with Gasteiger partial charge in [0.15, 0.2) is 0 Å². The molecule has 2 heterocycles. The number of hydrogen-bond acceptors (Lipinski definition) is 7. The van der Waals surface area contributed by atoms with Crippen molar-refractivity contribution in [2.24, 2.45) is 5.92 Å². The number of piperidine rings is 1. The van der Waals surface area contributed by atoms with Gasteiger partial charge in [0, 0.05) is 32.1 Å². The molecular weight excluding hydrogens is 607 g/mol. The third kappa shape index (κ3) is 10.7. The van der Waals surface area contributed by atoms with Gasteiger partial charge in [-0.2, -0.15) is 13.2 Å². The van der Waals surface area contributed by atoms with Gasteiger partial charge in [0.05, 0.1) is 6.54 Å². The van der Waals surface area contributed by atoms with Crippen LogP contribution < -0.4 is 16.0 Å². The van der Waals surface area contributed by atoms with Crippen LogP contribution in [-0.2, 0) is 30.3 Å². The molecule has 2 fully saturated rings. The zero-order valence-corrected chi connectivity index (χ0v) is 27.1. The molecule has 14 heteroatoms. The molecule has 0 bridgehead atoms. The first-order chi connectivity index (χ1) is 21.5. The van der Waals surface area contributed by atoms with Crippen molar-refractivity contribution in [2.45, 2.75) is 103 Å². The Morgan fingerprint density at radius 3 is 2.13 bits per heavy atom. The highest BCUT2D eigenvalue weighted by Crippen LogP contribution is 2.24. The second-order valence-corrected chi connectivity index (χ2v) is 13.2. The van der Waals surface area contributed by atoms with Crippen LogP contribution in [0.2, 0.25) is 0 Å². The fraction of sp³-hybridized carbons (Fsp3) is 0.656. The first-order valence-corrected chi connectivity index (χ1v) is 15.7. The Kier molecular flexibility index (Phi) is 12.6.